The van der Waals surface area contributed by atoms with Crippen LogP contribution in [0.3, 0.4) is 0 Å². The molecule has 0 aromatic heterocycles. The summed E-state index contributed by atoms with van der Waals surface area (Å²) in [5.74, 6) is 0. The van der Waals surface area contributed by atoms with E-state index in [9.17, 15) is 0 Å². The van der Waals surface area contributed by atoms with Gasteiger partial charge in [0.25, 0.3) is 0 Å². The molecule has 0 heterocycles. The van der Waals surface area contributed by atoms with Gasteiger partial charge >= 0.3 is 0 Å². The molecule has 0 aliphatic carbocycles. The third kappa shape index (κ3) is 15.9. The van der Waals surface area contributed by atoms with Gasteiger partial charge in [-0.2, -0.15) is 0 Å². The van der Waals surface area contributed by atoms with Crippen molar-refractivity contribution in [2.75, 3.05) is 19.7 Å². The summed E-state index contributed by atoms with van der Waals surface area (Å²) in [5, 5.41) is 12.2. The zero-order chi connectivity index (χ0) is 13.3. The highest BCUT2D eigenvalue weighted by molar-refractivity contribution is 4.51. The second-order valence-corrected chi connectivity index (χ2v) is 5.36. The number of unbranched alkanes of at least 4 members (excludes halogenated alkanes) is 10. The van der Waals surface area contributed by atoms with Crippen molar-refractivity contribution in [1.29, 1.82) is 0 Å². The van der Waals surface area contributed by atoms with Crippen molar-refractivity contribution in [1.82, 2.24) is 5.32 Å². The summed E-state index contributed by atoms with van der Waals surface area (Å²) >= 11 is 0. The second kappa shape index (κ2) is 16.9. The molecule has 0 fully saturated rings. The van der Waals surface area contributed by atoms with Gasteiger partial charge in [0, 0.05) is 6.61 Å². The van der Waals surface area contributed by atoms with E-state index in [0.29, 0.717) is 6.61 Å². The van der Waals surface area contributed by atoms with E-state index in [4.69, 9.17) is 5.11 Å². The van der Waals surface area contributed by atoms with Crippen molar-refractivity contribution in [2.24, 2.45) is 0 Å². The van der Waals surface area contributed by atoms with Crippen molar-refractivity contribution in [3.05, 3.63) is 0 Å². The Balaban J connectivity index is 2.86. The van der Waals surface area contributed by atoms with Crippen LogP contribution >= 0.6 is 0 Å². The Hall–Kier alpha value is -0.0800. The summed E-state index contributed by atoms with van der Waals surface area (Å²) in [4.78, 5) is 0. The predicted octanol–water partition coefficient (Wildman–Crippen LogP) is 4.27. The molecule has 0 aromatic carbocycles. The number of rotatable bonds is 15. The van der Waals surface area contributed by atoms with Crippen molar-refractivity contribution < 1.29 is 5.11 Å². The minimum absolute atomic E-state index is 0.353. The molecule has 0 saturated carbocycles. The zero-order valence-electron chi connectivity index (χ0n) is 12.6. The average Bonchev–Trinajstić information content (AvgIpc) is 2.39. The van der Waals surface area contributed by atoms with Crippen molar-refractivity contribution in [2.45, 2.75) is 84.0 Å². The number of aliphatic hydroxyl groups is 1. The summed E-state index contributed by atoms with van der Waals surface area (Å²) in [6.07, 6.45) is 15.9. The molecule has 0 atom stereocenters. The smallest absolute Gasteiger partial charge is 0.0431 e. The van der Waals surface area contributed by atoms with Gasteiger partial charge in [0.05, 0.1) is 0 Å². The fourth-order valence-corrected chi connectivity index (χ4v) is 2.22. The Labute approximate surface area is 115 Å². The average molecular weight is 257 g/mol. The van der Waals surface area contributed by atoms with Gasteiger partial charge in [0.1, 0.15) is 0 Å². The summed E-state index contributed by atoms with van der Waals surface area (Å²) in [7, 11) is 0. The van der Waals surface area contributed by atoms with Crippen molar-refractivity contribution in [3.63, 3.8) is 0 Å². The third-order valence-corrected chi connectivity index (χ3v) is 3.47. The Morgan fingerprint density at radius 1 is 0.611 bits per heavy atom. The van der Waals surface area contributed by atoms with Crippen LogP contribution < -0.4 is 5.32 Å². The quantitative estimate of drug-likeness (QED) is 0.429. The molecular formula is C16H35NO. The standard InChI is InChI=1S/C16H35NO/c1-2-3-4-5-6-7-8-11-14-17-15-12-9-10-13-16-18/h17-18H,2-16H2,1H3. The maximum atomic E-state index is 8.64. The first-order valence-corrected chi connectivity index (χ1v) is 8.23. The molecule has 0 spiro atoms. The van der Waals surface area contributed by atoms with E-state index in [-0.39, 0.29) is 0 Å². The highest BCUT2D eigenvalue weighted by Crippen LogP contribution is 2.07. The highest BCUT2D eigenvalue weighted by Gasteiger charge is 1.92. The number of aliphatic hydroxyl groups excluding tert-OH is 1. The number of hydrogen-bond acceptors (Lipinski definition) is 2. The molecule has 0 rings (SSSR count). The van der Waals surface area contributed by atoms with Gasteiger partial charge < -0.3 is 10.4 Å². The van der Waals surface area contributed by atoms with Gasteiger partial charge in [-0.3, -0.25) is 0 Å². The molecule has 2 N–H and O–H groups in total. The molecule has 0 bridgehead atoms. The highest BCUT2D eigenvalue weighted by atomic mass is 16.2. The molecule has 0 amide bonds. The summed E-state index contributed by atoms with van der Waals surface area (Å²) in [6.45, 7) is 4.97. The van der Waals surface area contributed by atoms with Crippen LogP contribution in [0.4, 0.5) is 0 Å². The molecular weight excluding hydrogens is 222 g/mol. The molecule has 18 heavy (non-hydrogen) atoms. The molecule has 0 saturated heterocycles. The van der Waals surface area contributed by atoms with Gasteiger partial charge in [0.15, 0.2) is 0 Å². The Bertz CT molecular complexity index is 123. The van der Waals surface area contributed by atoms with Crippen LogP contribution in [0.5, 0.6) is 0 Å². The summed E-state index contributed by atoms with van der Waals surface area (Å²) in [6, 6.07) is 0. The molecule has 2 heteroatoms. The number of hydrogen-bond donors (Lipinski definition) is 2. The van der Waals surface area contributed by atoms with Crippen LogP contribution in [0.2, 0.25) is 0 Å². The first-order chi connectivity index (χ1) is 8.91. The van der Waals surface area contributed by atoms with E-state index in [2.05, 4.69) is 12.2 Å². The summed E-state index contributed by atoms with van der Waals surface area (Å²) in [5.41, 5.74) is 0. The molecule has 0 aliphatic heterocycles. The maximum Gasteiger partial charge on any atom is 0.0431 e. The van der Waals surface area contributed by atoms with Gasteiger partial charge in [0.2, 0.25) is 0 Å². The predicted molar refractivity (Wildman–Crippen MR) is 81.0 cm³/mol. The lowest BCUT2D eigenvalue weighted by atomic mass is 10.1. The Kier molecular flexibility index (Phi) is 16.8. The van der Waals surface area contributed by atoms with Crippen molar-refractivity contribution in [3.8, 4) is 0 Å². The largest absolute Gasteiger partial charge is 0.396 e. The maximum absolute atomic E-state index is 8.64. The van der Waals surface area contributed by atoms with Crippen LogP contribution in [-0.2, 0) is 0 Å². The lowest BCUT2D eigenvalue weighted by molar-refractivity contribution is 0.282. The van der Waals surface area contributed by atoms with Crippen molar-refractivity contribution >= 4 is 0 Å². The van der Waals surface area contributed by atoms with E-state index in [1.54, 1.807) is 0 Å². The molecule has 110 valence electrons. The lowest BCUT2D eigenvalue weighted by Gasteiger charge is -2.04. The summed E-state index contributed by atoms with van der Waals surface area (Å²) < 4.78 is 0. The molecule has 0 radical (unpaired) electrons. The first-order valence-electron chi connectivity index (χ1n) is 8.23. The van der Waals surface area contributed by atoms with E-state index in [1.807, 2.05) is 0 Å². The van der Waals surface area contributed by atoms with E-state index in [1.165, 1.54) is 77.2 Å². The normalized spacial score (nSPS) is 11.0. The van der Waals surface area contributed by atoms with Gasteiger partial charge in [-0.15, -0.1) is 0 Å². The molecule has 0 aliphatic rings. The van der Waals surface area contributed by atoms with Crippen LogP contribution in [0.1, 0.15) is 84.0 Å². The fraction of sp³-hybridized carbons (Fsp3) is 1.00. The second-order valence-electron chi connectivity index (χ2n) is 5.36. The molecule has 0 aromatic rings. The van der Waals surface area contributed by atoms with E-state index < -0.39 is 0 Å². The Morgan fingerprint density at radius 2 is 1.06 bits per heavy atom. The van der Waals surface area contributed by atoms with Crippen LogP contribution in [0, 0.1) is 0 Å². The van der Waals surface area contributed by atoms with Gasteiger partial charge in [-0.25, -0.2) is 0 Å². The fourth-order valence-electron chi connectivity index (χ4n) is 2.22. The lowest BCUT2D eigenvalue weighted by Crippen LogP contribution is -2.16. The number of nitrogens with one attached hydrogen (secondary N) is 1. The molecule has 0 unspecified atom stereocenters. The zero-order valence-corrected chi connectivity index (χ0v) is 12.6. The molecule has 2 nitrogen and oxygen atoms in total. The van der Waals surface area contributed by atoms with Crippen LogP contribution in [-0.4, -0.2) is 24.8 Å². The monoisotopic (exact) mass is 257 g/mol. The van der Waals surface area contributed by atoms with Gasteiger partial charge in [-0.1, -0.05) is 64.7 Å². The third-order valence-electron chi connectivity index (χ3n) is 3.47. The van der Waals surface area contributed by atoms with E-state index in [0.717, 1.165) is 13.0 Å². The first kappa shape index (κ1) is 17.9. The van der Waals surface area contributed by atoms with Crippen LogP contribution in [0.15, 0.2) is 0 Å². The minimum Gasteiger partial charge on any atom is -0.396 e. The van der Waals surface area contributed by atoms with Crippen LogP contribution in [0.25, 0.3) is 0 Å². The van der Waals surface area contributed by atoms with E-state index >= 15 is 0 Å². The Morgan fingerprint density at radius 3 is 1.56 bits per heavy atom. The van der Waals surface area contributed by atoms with Gasteiger partial charge in [-0.05, 0) is 32.4 Å². The minimum atomic E-state index is 0.353. The topological polar surface area (TPSA) is 32.3 Å². The SMILES string of the molecule is CCCCCCCCCCNCCCCCCO.